The molecule has 6 aromatic rings. The van der Waals surface area contributed by atoms with Crippen molar-refractivity contribution in [3.05, 3.63) is 106 Å². The lowest BCUT2D eigenvalue weighted by atomic mass is 10.00. The topological polar surface area (TPSA) is 139 Å². The molecule has 0 unspecified atom stereocenters. The summed E-state index contributed by atoms with van der Waals surface area (Å²) in [4.78, 5) is 33.7. The van der Waals surface area contributed by atoms with Gasteiger partial charge in [0.25, 0.3) is 0 Å². The molecule has 272 valence electrons. The van der Waals surface area contributed by atoms with Crippen molar-refractivity contribution in [1.29, 1.82) is 0 Å². The molecule has 0 atom stereocenters. The molecule has 52 heavy (non-hydrogen) atoms. The highest BCUT2D eigenvalue weighted by molar-refractivity contribution is 6.29. The van der Waals surface area contributed by atoms with E-state index in [2.05, 4.69) is 25.5 Å². The number of aromatic nitrogens is 6. The summed E-state index contributed by atoms with van der Waals surface area (Å²) in [5.74, 6) is 0. The summed E-state index contributed by atoms with van der Waals surface area (Å²) < 4.78 is 8.66. The van der Waals surface area contributed by atoms with E-state index in [1.54, 1.807) is 33.8 Å². The Morgan fingerprint density at radius 3 is 1.69 bits per heavy atom. The molecule has 0 saturated heterocycles. The Kier molecular flexibility index (Phi) is 11.1. The van der Waals surface area contributed by atoms with Crippen LogP contribution in [-0.4, -0.2) is 62.5 Å². The molecule has 0 aliphatic rings. The van der Waals surface area contributed by atoms with E-state index in [9.17, 15) is 14.7 Å². The fourth-order valence-electron chi connectivity index (χ4n) is 5.53. The molecule has 4 heterocycles. The van der Waals surface area contributed by atoms with Crippen molar-refractivity contribution in [2.24, 2.45) is 0 Å². The van der Waals surface area contributed by atoms with Gasteiger partial charge in [-0.05, 0) is 102 Å². The average molecular weight is 746 g/mol. The van der Waals surface area contributed by atoms with Crippen LogP contribution < -0.4 is 5.32 Å². The van der Waals surface area contributed by atoms with Crippen LogP contribution in [0.25, 0.3) is 33.5 Å². The Morgan fingerprint density at radius 1 is 0.788 bits per heavy atom. The van der Waals surface area contributed by atoms with E-state index in [4.69, 9.17) is 27.9 Å². The second-order valence-electron chi connectivity index (χ2n) is 14.3. The highest BCUT2D eigenvalue weighted by Crippen LogP contribution is 2.29. The number of amides is 2. The third-order valence-corrected chi connectivity index (χ3v) is 8.51. The van der Waals surface area contributed by atoms with E-state index in [0.717, 1.165) is 55.8 Å². The van der Waals surface area contributed by atoms with Gasteiger partial charge in [0.15, 0.2) is 0 Å². The first-order valence-corrected chi connectivity index (χ1v) is 17.3. The van der Waals surface area contributed by atoms with E-state index < -0.39 is 23.3 Å². The summed E-state index contributed by atoms with van der Waals surface area (Å²) in [6.07, 6.45) is 5.38. The van der Waals surface area contributed by atoms with Crippen LogP contribution in [0.3, 0.4) is 0 Å². The highest BCUT2D eigenvalue weighted by atomic mass is 35.5. The monoisotopic (exact) mass is 744 g/mol. The number of benzene rings is 2. The number of nitrogens with zero attached hydrogens (tertiary/aromatic N) is 7. The molecule has 0 saturated carbocycles. The van der Waals surface area contributed by atoms with Crippen molar-refractivity contribution >= 4 is 46.4 Å². The van der Waals surface area contributed by atoms with Gasteiger partial charge in [0.2, 0.25) is 0 Å². The van der Waals surface area contributed by atoms with Crippen LogP contribution in [0.5, 0.6) is 0 Å². The standard InChI is InChI=1S/2C19H21ClN4O2/c1-12-9-13(17-15-7-8-22-24(15)11-16(20)23-17)5-6-14(12)10-21-18(25)26-19(2,3)4;1-12-9-13(17-15-7-8-21-24(15)11-16(20)22-17)5-6-14(12)10-23(18(25)26)19(2,3)4/h5-9,11H,10H2,1-4H3,(H,21,25);5-9,11H,10H2,1-4H3,(H,25,26). The van der Waals surface area contributed by atoms with Crippen LogP contribution in [0.15, 0.2) is 73.3 Å². The van der Waals surface area contributed by atoms with Crippen LogP contribution >= 0.6 is 23.2 Å². The van der Waals surface area contributed by atoms with Gasteiger partial charge in [-0.1, -0.05) is 47.5 Å². The van der Waals surface area contributed by atoms with Crippen molar-refractivity contribution < 1.29 is 19.4 Å². The molecule has 0 fully saturated rings. The van der Waals surface area contributed by atoms with E-state index in [1.807, 2.05) is 104 Å². The molecule has 2 aromatic carbocycles. The summed E-state index contributed by atoms with van der Waals surface area (Å²) >= 11 is 12.2. The van der Waals surface area contributed by atoms with Crippen molar-refractivity contribution in [3.8, 4) is 22.5 Å². The van der Waals surface area contributed by atoms with Gasteiger partial charge >= 0.3 is 12.2 Å². The van der Waals surface area contributed by atoms with Crippen LogP contribution in [0.4, 0.5) is 9.59 Å². The fourth-order valence-corrected chi connectivity index (χ4v) is 5.88. The number of carbonyl (C=O) groups is 2. The maximum absolute atomic E-state index is 11.8. The minimum atomic E-state index is -0.932. The zero-order chi connectivity index (χ0) is 38.0. The number of fused-ring (bicyclic) bond motifs is 2. The molecule has 0 aliphatic heterocycles. The average Bonchev–Trinajstić information content (AvgIpc) is 3.71. The maximum Gasteiger partial charge on any atom is 0.408 e. The Bertz CT molecular complexity index is 2250. The number of nitrogens with one attached hydrogen (secondary N) is 1. The van der Waals surface area contributed by atoms with Crippen LogP contribution in [0.1, 0.15) is 63.8 Å². The number of carboxylic acid groups (broad SMARTS) is 1. The number of halogens is 2. The number of aryl methyl sites for hydroxylation is 2. The van der Waals surface area contributed by atoms with Crippen LogP contribution in [0.2, 0.25) is 10.3 Å². The summed E-state index contributed by atoms with van der Waals surface area (Å²) in [5.41, 5.74) is 8.12. The molecule has 14 heteroatoms. The van der Waals surface area contributed by atoms with E-state index in [0.29, 0.717) is 23.4 Å². The lowest BCUT2D eigenvalue weighted by Gasteiger charge is -2.33. The zero-order valence-corrected chi connectivity index (χ0v) is 31.9. The Morgan fingerprint density at radius 2 is 1.27 bits per heavy atom. The van der Waals surface area contributed by atoms with E-state index in [-0.39, 0.29) is 0 Å². The number of rotatable bonds is 6. The fraction of sp³-hybridized carbons (Fsp3) is 0.316. The predicted octanol–water partition coefficient (Wildman–Crippen LogP) is 9.02. The van der Waals surface area contributed by atoms with Crippen molar-refractivity contribution in [1.82, 2.24) is 39.4 Å². The molecule has 0 aliphatic carbocycles. The van der Waals surface area contributed by atoms with Gasteiger partial charge in [-0.25, -0.2) is 28.6 Å². The quantitative estimate of drug-likeness (QED) is 0.172. The summed E-state index contributed by atoms with van der Waals surface area (Å²) in [6, 6.07) is 15.6. The number of ether oxygens (including phenoxy) is 1. The lowest BCUT2D eigenvalue weighted by Crippen LogP contribution is -2.44. The van der Waals surface area contributed by atoms with Crippen molar-refractivity contribution in [3.63, 3.8) is 0 Å². The minimum absolute atomic E-state index is 0.329. The Labute approximate surface area is 312 Å². The SMILES string of the molecule is Cc1cc(-c2nc(Cl)cn3nccc23)ccc1CN(C(=O)O)C(C)(C)C.Cc1cc(-c2nc(Cl)cn3nccc23)ccc1CNC(=O)OC(C)(C)C. The number of hydrogen-bond donors (Lipinski definition) is 2. The molecule has 0 bridgehead atoms. The van der Waals surface area contributed by atoms with Gasteiger partial charge in [0.05, 0.1) is 47.2 Å². The second kappa shape index (κ2) is 15.2. The maximum atomic E-state index is 11.8. The van der Waals surface area contributed by atoms with Crippen LogP contribution in [0, 0.1) is 13.8 Å². The third-order valence-electron chi connectivity index (χ3n) is 8.14. The number of hydrogen-bond acceptors (Lipinski definition) is 7. The number of alkyl carbamates (subject to hydrolysis) is 1. The van der Waals surface area contributed by atoms with Gasteiger partial charge < -0.3 is 15.2 Å². The molecular weight excluding hydrogens is 703 g/mol. The summed E-state index contributed by atoms with van der Waals surface area (Å²) in [6.45, 7) is 15.9. The van der Waals surface area contributed by atoms with Gasteiger partial charge in [-0.15, -0.1) is 0 Å². The first-order chi connectivity index (χ1) is 24.4. The smallest absolute Gasteiger partial charge is 0.408 e. The van der Waals surface area contributed by atoms with Gasteiger partial charge in [0.1, 0.15) is 15.9 Å². The summed E-state index contributed by atoms with van der Waals surface area (Å²) in [5, 5.41) is 21.5. The predicted molar refractivity (Wildman–Crippen MR) is 203 cm³/mol. The molecule has 12 nitrogen and oxygen atoms in total. The van der Waals surface area contributed by atoms with Gasteiger partial charge in [-0.2, -0.15) is 10.2 Å². The van der Waals surface area contributed by atoms with Crippen LogP contribution in [-0.2, 0) is 17.8 Å². The molecule has 6 rings (SSSR count). The zero-order valence-electron chi connectivity index (χ0n) is 30.4. The molecule has 2 N–H and O–H groups in total. The third kappa shape index (κ3) is 9.17. The Balaban J connectivity index is 0.000000201. The van der Waals surface area contributed by atoms with Crippen molar-refractivity contribution in [2.75, 3.05) is 0 Å². The summed E-state index contributed by atoms with van der Waals surface area (Å²) in [7, 11) is 0. The molecule has 2 amide bonds. The lowest BCUT2D eigenvalue weighted by molar-refractivity contribution is 0.0523. The second-order valence-corrected chi connectivity index (χ2v) is 15.1. The molecule has 0 spiro atoms. The van der Waals surface area contributed by atoms with Gasteiger partial charge in [0, 0.05) is 29.8 Å². The first-order valence-electron chi connectivity index (χ1n) is 16.6. The first kappa shape index (κ1) is 38.0. The van der Waals surface area contributed by atoms with Gasteiger partial charge in [-0.3, -0.25) is 4.90 Å². The van der Waals surface area contributed by atoms with E-state index in [1.165, 1.54) is 4.90 Å². The molecular formula is C38H42Cl2N8O4. The highest BCUT2D eigenvalue weighted by Gasteiger charge is 2.26. The normalized spacial score (nSPS) is 11.7. The largest absolute Gasteiger partial charge is 0.465 e. The van der Waals surface area contributed by atoms with Crippen molar-refractivity contribution in [2.45, 2.75) is 79.6 Å². The molecule has 4 aromatic heterocycles. The number of carbonyl (C=O) groups excluding carboxylic acids is 1. The molecule has 0 radical (unpaired) electrons. The van der Waals surface area contributed by atoms with E-state index >= 15 is 0 Å². The Hall–Kier alpha value is -5.20. The minimum Gasteiger partial charge on any atom is -0.465 e.